The zero-order valence-corrected chi connectivity index (χ0v) is 15.1. The summed E-state index contributed by atoms with van der Waals surface area (Å²) in [5.41, 5.74) is 0.926. The lowest BCUT2D eigenvalue weighted by Gasteiger charge is -2.21. The van der Waals surface area contributed by atoms with E-state index in [9.17, 15) is 4.79 Å². The Morgan fingerprint density at radius 3 is 2.96 bits per heavy atom. The van der Waals surface area contributed by atoms with Gasteiger partial charge < -0.3 is 14.0 Å². The van der Waals surface area contributed by atoms with Gasteiger partial charge in [-0.05, 0) is 24.1 Å². The van der Waals surface area contributed by atoms with Gasteiger partial charge in [0.05, 0.1) is 18.2 Å². The van der Waals surface area contributed by atoms with Gasteiger partial charge in [0.25, 0.3) is 0 Å². The summed E-state index contributed by atoms with van der Waals surface area (Å²) in [5.74, 6) is 2.54. The van der Waals surface area contributed by atoms with Gasteiger partial charge in [-0.1, -0.05) is 29.8 Å². The van der Waals surface area contributed by atoms with Crippen molar-refractivity contribution < 1.29 is 14.3 Å². The average Bonchev–Trinajstić information content (AvgIpc) is 3.07. The Labute approximate surface area is 148 Å². The fraction of sp³-hybridized carbons (Fsp3) is 0.412. The van der Waals surface area contributed by atoms with E-state index in [4.69, 9.17) is 14.5 Å². The highest BCUT2D eigenvalue weighted by atomic mass is 79.9. The number of hydrogen-bond donors (Lipinski definition) is 0. The van der Waals surface area contributed by atoms with Crippen molar-refractivity contribution in [1.29, 1.82) is 0 Å². The minimum absolute atomic E-state index is 0.0114. The van der Waals surface area contributed by atoms with E-state index in [0.717, 1.165) is 21.6 Å². The second-order valence-corrected chi connectivity index (χ2v) is 7.28. The molecule has 2 aliphatic heterocycles. The zero-order valence-electron chi connectivity index (χ0n) is 13.5. The fourth-order valence-corrected chi connectivity index (χ4v) is 3.49. The van der Waals surface area contributed by atoms with Crippen LogP contribution in [-0.4, -0.2) is 34.9 Å². The first-order valence-electron chi connectivity index (χ1n) is 8.00. The predicted molar refractivity (Wildman–Crippen MR) is 93.3 cm³/mol. The van der Waals surface area contributed by atoms with Gasteiger partial charge >= 0.3 is 6.09 Å². The summed E-state index contributed by atoms with van der Waals surface area (Å²) in [6, 6.07) is 5.90. The number of imidazole rings is 1. The molecule has 2 aliphatic rings. The Morgan fingerprint density at radius 2 is 2.17 bits per heavy atom. The number of anilines is 1. The van der Waals surface area contributed by atoms with E-state index in [2.05, 4.69) is 29.8 Å². The number of hydrogen-bond acceptors (Lipinski definition) is 4. The fourth-order valence-electron chi connectivity index (χ4n) is 3.15. The Hall–Kier alpha value is -2.02. The molecule has 0 bridgehead atoms. The quantitative estimate of drug-likeness (QED) is 0.783. The third-order valence-electron chi connectivity index (χ3n) is 4.46. The smallest absolute Gasteiger partial charge is 0.415 e. The highest BCUT2D eigenvalue weighted by Crippen LogP contribution is 2.36. The second-order valence-electron chi connectivity index (χ2n) is 6.36. The molecule has 24 heavy (non-hydrogen) atoms. The lowest BCUT2D eigenvalue weighted by molar-refractivity contribution is 0.177. The third-order valence-corrected chi connectivity index (χ3v) is 4.95. The number of halogens is 1. The Morgan fingerprint density at radius 1 is 1.33 bits per heavy atom. The minimum atomic E-state index is -0.325. The van der Waals surface area contributed by atoms with E-state index in [1.165, 1.54) is 0 Å². The molecule has 0 saturated carbocycles. The Bertz CT molecular complexity index is 802. The predicted octanol–water partition coefficient (Wildman–Crippen LogP) is 3.69. The molecule has 1 amide bonds. The molecule has 1 unspecified atom stereocenters. The number of cyclic esters (lactones) is 1. The van der Waals surface area contributed by atoms with Crippen molar-refractivity contribution in [2.75, 3.05) is 18.1 Å². The molecule has 1 saturated heterocycles. The van der Waals surface area contributed by atoms with Gasteiger partial charge in [-0.3, -0.25) is 4.90 Å². The van der Waals surface area contributed by atoms with Crippen LogP contribution in [0.25, 0.3) is 11.4 Å². The van der Waals surface area contributed by atoms with Crippen LogP contribution in [0.1, 0.15) is 13.8 Å². The molecule has 126 valence electrons. The number of nitrogens with zero attached hydrogens (tertiary/aromatic N) is 3. The molecule has 6 nitrogen and oxygen atoms in total. The first-order chi connectivity index (χ1) is 11.5. The highest BCUT2D eigenvalue weighted by molar-refractivity contribution is 9.10. The van der Waals surface area contributed by atoms with Crippen LogP contribution in [-0.2, 0) is 11.3 Å². The van der Waals surface area contributed by atoms with E-state index in [0.29, 0.717) is 31.5 Å². The van der Waals surface area contributed by atoms with Crippen molar-refractivity contribution in [2.45, 2.75) is 26.4 Å². The summed E-state index contributed by atoms with van der Waals surface area (Å²) in [4.78, 5) is 18.6. The number of rotatable bonds is 2. The van der Waals surface area contributed by atoms with Crippen LogP contribution >= 0.6 is 15.9 Å². The van der Waals surface area contributed by atoms with Gasteiger partial charge in [0.2, 0.25) is 0 Å². The van der Waals surface area contributed by atoms with Crippen LogP contribution in [0.2, 0.25) is 0 Å². The number of carbonyl (C=O) groups excluding carboxylic acids is 1. The lowest BCUT2D eigenvalue weighted by atomic mass is 10.1. The van der Waals surface area contributed by atoms with E-state index in [1.807, 2.05) is 29.0 Å². The van der Waals surface area contributed by atoms with Crippen molar-refractivity contribution >= 4 is 27.8 Å². The van der Waals surface area contributed by atoms with Crippen molar-refractivity contribution in [3.05, 3.63) is 28.9 Å². The van der Waals surface area contributed by atoms with Crippen molar-refractivity contribution in [3.63, 3.8) is 0 Å². The highest BCUT2D eigenvalue weighted by Gasteiger charge is 2.38. The van der Waals surface area contributed by atoms with Crippen LogP contribution in [0.5, 0.6) is 5.75 Å². The van der Waals surface area contributed by atoms with Gasteiger partial charge in [0.1, 0.15) is 24.8 Å². The van der Waals surface area contributed by atoms with Gasteiger partial charge in [0.15, 0.2) is 5.82 Å². The summed E-state index contributed by atoms with van der Waals surface area (Å²) in [6.45, 7) is 5.82. The van der Waals surface area contributed by atoms with Gasteiger partial charge in [0, 0.05) is 10.7 Å². The maximum atomic E-state index is 12.2. The van der Waals surface area contributed by atoms with E-state index in [-0.39, 0.29) is 12.1 Å². The first-order valence-corrected chi connectivity index (χ1v) is 8.80. The van der Waals surface area contributed by atoms with Crippen molar-refractivity contribution in [1.82, 2.24) is 9.55 Å². The van der Waals surface area contributed by atoms with E-state index < -0.39 is 0 Å². The Kier molecular flexibility index (Phi) is 3.75. The molecule has 0 N–H and O–H groups in total. The second kappa shape index (κ2) is 5.81. The molecule has 1 aromatic carbocycles. The minimum Gasteiger partial charge on any atom is -0.491 e. The summed E-state index contributed by atoms with van der Waals surface area (Å²) >= 11 is 3.47. The van der Waals surface area contributed by atoms with E-state index >= 15 is 0 Å². The first kappa shape index (κ1) is 15.5. The van der Waals surface area contributed by atoms with Crippen LogP contribution in [0.15, 0.2) is 28.9 Å². The van der Waals surface area contributed by atoms with E-state index in [1.54, 1.807) is 4.90 Å². The number of amides is 1. The lowest BCUT2D eigenvalue weighted by Crippen LogP contribution is -2.37. The van der Waals surface area contributed by atoms with Gasteiger partial charge in [-0.15, -0.1) is 0 Å². The molecule has 3 heterocycles. The normalized spacial score (nSPS) is 19.6. The molecule has 0 radical (unpaired) electrons. The number of carbonyl (C=O) groups is 1. The zero-order chi connectivity index (χ0) is 16.8. The topological polar surface area (TPSA) is 56.6 Å². The van der Waals surface area contributed by atoms with Crippen molar-refractivity contribution in [3.8, 4) is 17.1 Å². The number of fused-ring (bicyclic) bond motifs is 3. The number of aromatic nitrogens is 2. The molecule has 0 spiro atoms. The van der Waals surface area contributed by atoms with Crippen molar-refractivity contribution in [2.24, 2.45) is 5.92 Å². The molecule has 0 aliphatic carbocycles. The molecule has 1 fully saturated rings. The molecule has 4 rings (SSSR count). The van der Waals surface area contributed by atoms with Crippen LogP contribution in [0.3, 0.4) is 0 Å². The molecule has 7 heteroatoms. The maximum absolute atomic E-state index is 12.2. The van der Waals surface area contributed by atoms with Crippen LogP contribution in [0, 0.1) is 5.92 Å². The molecular weight excluding hydrogens is 374 g/mol. The number of ether oxygens (including phenoxy) is 2. The van der Waals surface area contributed by atoms with Crippen LogP contribution in [0.4, 0.5) is 10.6 Å². The average molecular weight is 392 g/mol. The molecule has 2 aromatic rings. The standard InChI is InChI=1S/C17H18BrN3O3/c1-10(2)13-9-24-17(22)21(13)15-8-20-5-6-23-14-7-11(18)3-4-12(14)16(20)19-15/h3-4,7-8,10,13H,5-6,9H2,1-2H3. The SMILES string of the molecule is CC(C)C1COC(=O)N1c1cn2c(n1)-c1ccc(Br)cc1OCC2. The summed E-state index contributed by atoms with van der Waals surface area (Å²) < 4.78 is 14.1. The summed E-state index contributed by atoms with van der Waals surface area (Å²) in [6.07, 6.45) is 1.59. The third kappa shape index (κ3) is 2.47. The Balaban J connectivity index is 1.79. The molecule has 1 aromatic heterocycles. The molecular formula is C17H18BrN3O3. The maximum Gasteiger partial charge on any atom is 0.415 e. The number of benzene rings is 1. The van der Waals surface area contributed by atoms with Crippen LogP contribution < -0.4 is 9.64 Å². The summed E-state index contributed by atoms with van der Waals surface area (Å²) in [5, 5.41) is 0. The van der Waals surface area contributed by atoms with Gasteiger partial charge in [-0.2, -0.15) is 0 Å². The largest absolute Gasteiger partial charge is 0.491 e. The monoisotopic (exact) mass is 391 g/mol. The summed E-state index contributed by atoms with van der Waals surface area (Å²) in [7, 11) is 0. The van der Waals surface area contributed by atoms with Gasteiger partial charge in [-0.25, -0.2) is 9.78 Å². The molecule has 1 atom stereocenters.